The van der Waals surface area contributed by atoms with Crippen LogP contribution in [0.5, 0.6) is 0 Å². The Morgan fingerprint density at radius 3 is 2.76 bits per heavy atom. The smallest absolute Gasteiger partial charge is 0.357 e. The third-order valence-corrected chi connectivity index (χ3v) is 5.39. The van der Waals surface area contributed by atoms with Crippen LogP contribution in [0, 0.1) is 10.1 Å². The zero-order chi connectivity index (χ0) is 20.8. The van der Waals surface area contributed by atoms with Crippen molar-refractivity contribution in [1.29, 1.82) is 0 Å². The molecule has 2 aromatic rings. The summed E-state index contributed by atoms with van der Waals surface area (Å²) in [6.45, 7) is 1.91. The quantitative estimate of drug-likeness (QED) is 0.392. The zero-order valence-corrected chi connectivity index (χ0v) is 16.8. The van der Waals surface area contributed by atoms with E-state index in [0.717, 1.165) is 37.0 Å². The lowest BCUT2D eigenvalue weighted by molar-refractivity contribution is -0.384. The Balaban J connectivity index is 1.72. The summed E-state index contributed by atoms with van der Waals surface area (Å²) in [6.07, 6.45) is 5.35. The topological polar surface area (TPSA) is 123 Å². The number of anilines is 2. The van der Waals surface area contributed by atoms with Crippen LogP contribution < -0.4 is 10.6 Å². The van der Waals surface area contributed by atoms with Gasteiger partial charge in [-0.1, -0.05) is 19.3 Å². The molecular weight excluding hydrogens is 396 g/mol. The highest BCUT2D eigenvalue weighted by molar-refractivity contribution is 7.14. The van der Waals surface area contributed by atoms with Crippen LogP contribution in [-0.4, -0.2) is 34.4 Å². The summed E-state index contributed by atoms with van der Waals surface area (Å²) in [7, 11) is 0. The molecule has 1 aromatic heterocycles. The molecule has 0 bridgehead atoms. The molecule has 1 aliphatic carbocycles. The molecule has 3 rings (SSSR count). The molecule has 1 heterocycles. The van der Waals surface area contributed by atoms with Crippen molar-refractivity contribution in [1.82, 2.24) is 4.98 Å². The Kier molecular flexibility index (Phi) is 6.76. The molecule has 29 heavy (non-hydrogen) atoms. The molecule has 0 unspecified atom stereocenters. The maximum atomic E-state index is 12.5. The van der Waals surface area contributed by atoms with E-state index >= 15 is 0 Å². The Labute approximate surface area is 171 Å². The molecule has 1 aliphatic rings. The summed E-state index contributed by atoms with van der Waals surface area (Å²) < 4.78 is 4.86. The van der Waals surface area contributed by atoms with E-state index in [4.69, 9.17) is 4.74 Å². The lowest BCUT2D eigenvalue weighted by Crippen LogP contribution is -2.23. The van der Waals surface area contributed by atoms with Crippen LogP contribution in [0.2, 0.25) is 0 Å². The van der Waals surface area contributed by atoms with Gasteiger partial charge in [-0.15, -0.1) is 11.3 Å². The van der Waals surface area contributed by atoms with Crippen LogP contribution in [0.4, 0.5) is 16.5 Å². The lowest BCUT2D eigenvalue weighted by Gasteiger charge is -2.23. The predicted molar refractivity (Wildman–Crippen MR) is 110 cm³/mol. The van der Waals surface area contributed by atoms with Crippen LogP contribution in [-0.2, 0) is 4.74 Å². The molecule has 1 amide bonds. The van der Waals surface area contributed by atoms with Crippen molar-refractivity contribution in [3.8, 4) is 0 Å². The second-order valence-corrected chi connectivity index (χ2v) is 7.54. The SMILES string of the molecule is CCOC(=O)c1csc(NC(=O)c2ccc(NC3CCCCC3)c([N+](=O)[O-])c2)n1. The van der Waals surface area contributed by atoms with Crippen LogP contribution >= 0.6 is 11.3 Å². The molecule has 0 aliphatic heterocycles. The van der Waals surface area contributed by atoms with Crippen molar-refractivity contribution in [3.63, 3.8) is 0 Å². The van der Waals surface area contributed by atoms with Crippen molar-refractivity contribution in [2.24, 2.45) is 0 Å². The van der Waals surface area contributed by atoms with E-state index in [-0.39, 0.29) is 34.7 Å². The number of ether oxygens (including phenoxy) is 1. The minimum atomic E-state index is -0.571. The van der Waals surface area contributed by atoms with Gasteiger partial charge in [-0.25, -0.2) is 9.78 Å². The fourth-order valence-corrected chi connectivity index (χ4v) is 3.89. The maximum absolute atomic E-state index is 12.5. The summed E-state index contributed by atoms with van der Waals surface area (Å²) in [4.78, 5) is 39.2. The first-order chi connectivity index (χ1) is 14.0. The van der Waals surface area contributed by atoms with E-state index in [1.807, 2.05) is 0 Å². The first-order valence-corrected chi connectivity index (χ1v) is 10.3. The Morgan fingerprint density at radius 2 is 2.07 bits per heavy atom. The summed E-state index contributed by atoms with van der Waals surface area (Å²) in [6, 6.07) is 4.56. The largest absolute Gasteiger partial charge is 0.461 e. The molecule has 1 saturated carbocycles. The van der Waals surface area contributed by atoms with Gasteiger partial charge in [-0.2, -0.15) is 0 Å². The number of nitro benzene ring substituents is 1. The predicted octanol–water partition coefficient (Wildman–Crippen LogP) is 4.22. The van der Waals surface area contributed by atoms with Crippen LogP contribution in [0.1, 0.15) is 59.9 Å². The van der Waals surface area contributed by atoms with Gasteiger partial charge in [-0.05, 0) is 31.9 Å². The van der Waals surface area contributed by atoms with Gasteiger partial charge in [0.05, 0.1) is 11.5 Å². The van der Waals surface area contributed by atoms with Crippen LogP contribution in [0.25, 0.3) is 0 Å². The monoisotopic (exact) mass is 418 g/mol. The molecule has 0 atom stereocenters. The molecule has 0 saturated heterocycles. The van der Waals surface area contributed by atoms with Gasteiger partial charge in [0.1, 0.15) is 5.69 Å². The first-order valence-electron chi connectivity index (χ1n) is 9.47. The number of rotatable bonds is 7. The average Bonchev–Trinajstić information content (AvgIpc) is 3.17. The number of aromatic nitrogens is 1. The molecule has 9 nitrogen and oxygen atoms in total. The number of nitrogens with one attached hydrogen (secondary N) is 2. The van der Waals surface area contributed by atoms with Crippen molar-refractivity contribution in [2.75, 3.05) is 17.2 Å². The number of hydrogen-bond acceptors (Lipinski definition) is 8. The number of benzene rings is 1. The zero-order valence-electron chi connectivity index (χ0n) is 16.0. The highest BCUT2D eigenvalue weighted by Gasteiger charge is 2.22. The third kappa shape index (κ3) is 5.29. The summed E-state index contributed by atoms with van der Waals surface area (Å²) in [5.74, 6) is -1.11. The van der Waals surface area contributed by atoms with E-state index in [9.17, 15) is 19.7 Å². The van der Waals surface area contributed by atoms with Gasteiger partial charge in [0.25, 0.3) is 11.6 Å². The van der Waals surface area contributed by atoms with Crippen LogP contribution in [0.3, 0.4) is 0 Å². The summed E-state index contributed by atoms with van der Waals surface area (Å²) >= 11 is 1.07. The molecule has 154 valence electrons. The van der Waals surface area contributed by atoms with E-state index < -0.39 is 16.8 Å². The van der Waals surface area contributed by atoms with Gasteiger partial charge in [-0.3, -0.25) is 20.2 Å². The third-order valence-electron chi connectivity index (χ3n) is 4.63. The fraction of sp³-hybridized carbons (Fsp3) is 0.421. The second kappa shape index (κ2) is 9.46. The Morgan fingerprint density at radius 1 is 1.31 bits per heavy atom. The first kappa shape index (κ1) is 20.7. The molecule has 1 aromatic carbocycles. The molecule has 2 N–H and O–H groups in total. The average molecular weight is 418 g/mol. The molecule has 0 spiro atoms. The van der Waals surface area contributed by atoms with Gasteiger partial charge >= 0.3 is 5.97 Å². The molecule has 0 radical (unpaired) electrons. The number of carbonyl (C=O) groups is 2. The molecular formula is C19H22N4O5S. The van der Waals surface area contributed by atoms with E-state index in [0.29, 0.717) is 5.69 Å². The van der Waals surface area contributed by atoms with Gasteiger partial charge in [0, 0.05) is 23.1 Å². The molecule has 10 heteroatoms. The van der Waals surface area contributed by atoms with Gasteiger partial charge in [0.15, 0.2) is 10.8 Å². The maximum Gasteiger partial charge on any atom is 0.357 e. The van der Waals surface area contributed by atoms with Crippen molar-refractivity contribution in [3.05, 3.63) is 45.0 Å². The Bertz CT molecular complexity index is 908. The Hall–Kier alpha value is -3.01. The number of amides is 1. The number of nitro groups is 1. The summed E-state index contributed by atoms with van der Waals surface area (Å²) in [5.41, 5.74) is 0.510. The van der Waals surface area contributed by atoms with E-state index in [1.165, 1.54) is 23.9 Å². The highest BCUT2D eigenvalue weighted by atomic mass is 32.1. The minimum Gasteiger partial charge on any atom is -0.461 e. The van der Waals surface area contributed by atoms with Crippen molar-refractivity contribution >= 4 is 39.7 Å². The van der Waals surface area contributed by atoms with Gasteiger partial charge in [0.2, 0.25) is 0 Å². The van der Waals surface area contributed by atoms with Crippen LogP contribution in [0.15, 0.2) is 23.6 Å². The number of hydrogen-bond donors (Lipinski definition) is 2. The highest BCUT2D eigenvalue weighted by Crippen LogP contribution is 2.30. The van der Waals surface area contributed by atoms with Gasteiger partial charge < -0.3 is 10.1 Å². The summed E-state index contributed by atoms with van der Waals surface area (Å²) in [5, 5.41) is 19.0. The second-order valence-electron chi connectivity index (χ2n) is 6.68. The minimum absolute atomic E-state index is 0.102. The fourth-order valence-electron chi connectivity index (χ4n) is 3.21. The standard InChI is InChI=1S/C19H22N4O5S/c1-2-28-18(25)15-11-29-19(21-15)22-17(24)12-8-9-14(16(10-12)23(26)27)20-13-6-4-3-5-7-13/h8-11,13,20H,2-7H2,1H3,(H,21,22,24). The van der Waals surface area contributed by atoms with E-state index in [1.54, 1.807) is 13.0 Å². The number of nitrogens with zero attached hydrogens (tertiary/aromatic N) is 2. The lowest BCUT2D eigenvalue weighted by atomic mass is 9.95. The normalized spacial score (nSPS) is 14.2. The van der Waals surface area contributed by atoms with E-state index in [2.05, 4.69) is 15.6 Å². The number of esters is 1. The van der Waals surface area contributed by atoms with Crippen molar-refractivity contribution in [2.45, 2.75) is 45.1 Å². The number of thiazole rings is 1. The van der Waals surface area contributed by atoms with Crippen molar-refractivity contribution < 1.29 is 19.2 Å². The number of carbonyl (C=O) groups excluding carboxylic acids is 2. The molecule has 1 fully saturated rings.